The van der Waals surface area contributed by atoms with Gasteiger partial charge in [0.25, 0.3) is 0 Å². The molecule has 2 aromatic rings. The third-order valence-electron chi connectivity index (χ3n) is 4.17. The van der Waals surface area contributed by atoms with E-state index in [1.54, 1.807) is 20.1 Å². The summed E-state index contributed by atoms with van der Waals surface area (Å²) < 4.78 is 10.1. The van der Waals surface area contributed by atoms with Crippen LogP contribution in [-0.4, -0.2) is 46.5 Å². The van der Waals surface area contributed by atoms with Crippen LogP contribution < -0.4 is 10.1 Å². The van der Waals surface area contributed by atoms with Crippen molar-refractivity contribution in [2.75, 3.05) is 23.9 Å². The molecule has 1 saturated carbocycles. The second kappa shape index (κ2) is 8.94. The van der Waals surface area contributed by atoms with Gasteiger partial charge in [-0.05, 0) is 37.5 Å². The Bertz CT molecular complexity index is 787. The number of methoxy groups -OCH3 is 1. The van der Waals surface area contributed by atoms with Gasteiger partial charge in [0.15, 0.2) is 5.82 Å². The normalized spacial score (nSPS) is 13.3. The molecule has 8 heteroatoms. The first kappa shape index (κ1) is 19.3. The highest BCUT2D eigenvalue weighted by atomic mass is 32.2. The molecule has 0 radical (unpaired) electrons. The van der Waals surface area contributed by atoms with Gasteiger partial charge in [-0.2, -0.15) is 0 Å². The Balaban J connectivity index is 1.46. The largest absolute Gasteiger partial charge is 0.497 e. The second-order valence-corrected chi connectivity index (χ2v) is 7.45. The fraction of sp³-hybridized carbons (Fsp3) is 0.421. The number of hydrogen-bond donors (Lipinski definition) is 1. The van der Waals surface area contributed by atoms with Gasteiger partial charge in [0.1, 0.15) is 11.5 Å². The van der Waals surface area contributed by atoms with Crippen LogP contribution in [0.15, 0.2) is 34.9 Å². The van der Waals surface area contributed by atoms with Crippen molar-refractivity contribution in [3.8, 4) is 5.75 Å². The number of aromatic nitrogens is 1. The molecule has 0 spiro atoms. The third kappa shape index (κ3) is 5.75. The van der Waals surface area contributed by atoms with Crippen LogP contribution in [0.3, 0.4) is 0 Å². The fourth-order valence-corrected chi connectivity index (χ4v) is 3.35. The molecule has 1 aliphatic rings. The number of amides is 2. The van der Waals surface area contributed by atoms with Crippen molar-refractivity contribution in [1.82, 2.24) is 10.1 Å². The van der Waals surface area contributed by atoms with Crippen LogP contribution in [-0.2, 0) is 16.1 Å². The molecule has 27 heavy (non-hydrogen) atoms. The van der Waals surface area contributed by atoms with Crippen molar-refractivity contribution in [3.05, 3.63) is 41.7 Å². The summed E-state index contributed by atoms with van der Waals surface area (Å²) in [5.41, 5.74) is 1.07. The minimum absolute atomic E-state index is 0.0587. The molecule has 1 aromatic heterocycles. The lowest BCUT2D eigenvalue weighted by Crippen LogP contribution is -2.34. The highest BCUT2D eigenvalue weighted by Gasteiger charge is 2.32. The number of nitrogens with zero attached hydrogens (tertiary/aromatic N) is 2. The molecule has 1 N–H and O–H groups in total. The summed E-state index contributed by atoms with van der Waals surface area (Å²) in [4.78, 5) is 26.4. The summed E-state index contributed by atoms with van der Waals surface area (Å²) in [6.45, 7) is 2.34. The number of nitrogens with one attached hydrogen (secondary N) is 1. The van der Waals surface area contributed by atoms with Crippen LogP contribution in [0, 0.1) is 6.92 Å². The zero-order chi connectivity index (χ0) is 19.2. The SMILES string of the molecule is COc1ccc(CN(C(=O)CSCC(=O)Nc2cc(C)on2)C2CC2)cc1. The van der Waals surface area contributed by atoms with Gasteiger partial charge in [0.05, 0.1) is 18.6 Å². The Morgan fingerprint density at radius 2 is 2.04 bits per heavy atom. The Morgan fingerprint density at radius 1 is 1.30 bits per heavy atom. The van der Waals surface area contributed by atoms with Gasteiger partial charge < -0.3 is 19.5 Å². The van der Waals surface area contributed by atoms with Gasteiger partial charge in [-0.3, -0.25) is 9.59 Å². The van der Waals surface area contributed by atoms with Crippen molar-refractivity contribution in [2.24, 2.45) is 0 Å². The summed E-state index contributed by atoms with van der Waals surface area (Å²) in [7, 11) is 1.63. The molecule has 0 unspecified atom stereocenters. The molecule has 2 amide bonds. The third-order valence-corrected chi connectivity index (χ3v) is 5.09. The van der Waals surface area contributed by atoms with Crippen LogP contribution in [0.4, 0.5) is 5.82 Å². The minimum atomic E-state index is -0.200. The van der Waals surface area contributed by atoms with Crippen molar-refractivity contribution >= 4 is 29.4 Å². The predicted molar refractivity (Wildman–Crippen MR) is 104 cm³/mol. The van der Waals surface area contributed by atoms with Gasteiger partial charge in [0.2, 0.25) is 11.8 Å². The molecule has 144 valence electrons. The Hall–Kier alpha value is -2.48. The highest BCUT2D eigenvalue weighted by Crippen LogP contribution is 2.29. The molecule has 1 fully saturated rings. The monoisotopic (exact) mass is 389 g/mol. The maximum absolute atomic E-state index is 12.6. The van der Waals surface area contributed by atoms with E-state index in [1.807, 2.05) is 29.2 Å². The van der Waals surface area contributed by atoms with E-state index in [4.69, 9.17) is 9.26 Å². The molecule has 1 aliphatic carbocycles. The summed E-state index contributed by atoms with van der Waals surface area (Å²) >= 11 is 1.30. The summed E-state index contributed by atoms with van der Waals surface area (Å²) in [5, 5.41) is 6.37. The summed E-state index contributed by atoms with van der Waals surface area (Å²) in [6, 6.07) is 9.71. The van der Waals surface area contributed by atoms with Crippen LogP contribution >= 0.6 is 11.8 Å². The second-order valence-electron chi connectivity index (χ2n) is 6.46. The quantitative estimate of drug-likeness (QED) is 0.710. The molecular weight excluding hydrogens is 366 g/mol. The number of rotatable bonds is 9. The van der Waals surface area contributed by atoms with Crippen LogP contribution in [0.25, 0.3) is 0 Å². The number of ether oxygens (including phenoxy) is 1. The standard InChI is InChI=1S/C19H23N3O4S/c1-13-9-17(21-26-13)20-18(23)11-27-12-19(24)22(15-5-6-15)10-14-3-7-16(25-2)8-4-14/h3-4,7-9,15H,5-6,10-12H2,1-2H3,(H,20,21,23). The highest BCUT2D eigenvalue weighted by molar-refractivity contribution is 8.00. The molecule has 0 aliphatic heterocycles. The maximum atomic E-state index is 12.6. The Labute approximate surface area is 162 Å². The lowest BCUT2D eigenvalue weighted by Gasteiger charge is -2.22. The van der Waals surface area contributed by atoms with Crippen molar-refractivity contribution in [1.29, 1.82) is 0 Å². The van der Waals surface area contributed by atoms with Gasteiger partial charge in [-0.1, -0.05) is 17.3 Å². The van der Waals surface area contributed by atoms with E-state index >= 15 is 0 Å². The lowest BCUT2D eigenvalue weighted by atomic mass is 10.2. The molecule has 3 rings (SSSR count). The average Bonchev–Trinajstić information content (AvgIpc) is 3.42. The maximum Gasteiger partial charge on any atom is 0.235 e. The van der Waals surface area contributed by atoms with Gasteiger partial charge in [0, 0.05) is 18.7 Å². The van der Waals surface area contributed by atoms with E-state index in [0.29, 0.717) is 24.2 Å². The number of thioether (sulfide) groups is 1. The molecule has 7 nitrogen and oxygen atoms in total. The topological polar surface area (TPSA) is 84.7 Å². The summed E-state index contributed by atoms with van der Waals surface area (Å²) in [5.74, 6) is 2.15. The molecule has 1 aromatic carbocycles. The first-order chi connectivity index (χ1) is 13.0. The number of aryl methyl sites for hydroxylation is 1. The fourth-order valence-electron chi connectivity index (χ4n) is 2.65. The zero-order valence-corrected chi connectivity index (χ0v) is 16.3. The zero-order valence-electron chi connectivity index (χ0n) is 15.4. The molecular formula is C19H23N3O4S. The van der Waals surface area contributed by atoms with Gasteiger partial charge in [-0.15, -0.1) is 11.8 Å². The molecule has 0 atom stereocenters. The van der Waals surface area contributed by atoms with E-state index in [-0.39, 0.29) is 23.3 Å². The molecule has 1 heterocycles. The number of carbonyl (C=O) groups is 2. The van der Waals surface area contributed by atoms with Crippen molar-refractivity contribution in [3.63, 3.8) is 0 Å². The van der Waals surface area contributed by atoms with Crippen molar-refractivity contribution < 1.29 is 18.8 Å². The van der Waals surface area contributed by atoms with E-state index in [2.05, 4.69) is 10.5 Å². The minimum Gasteiger partial charge on any atom is -0.497 e. The van der Waals surface area contributed by atoms with Crippen LogP contribution in [0.1, 0.15) is 24.2 Å². The van der Waals surface area contributed by atoms with Gasteiger partial charge in [-0.25, -0.2) is 0 Å². The first-order valence-electron chi connectivity index (χ1n) is 8.78. The predicted octanol–water partition coefficient (Wildman–Crippen LogP) is 2.85. The number of carbonyl (C=O) groups excluding carboxylic acids is 2. The van der Waals surface area contributed by atoms with E-state index in [1.165, 1.54) is 11.8 Å². The first-order valence-corrected chi connectivity index (χ1v) is 9.94. The summed E-state index contributed by atoms with van der Waals surface area (Å²) in [6.07, 6.45) is 2.08. The molecule has 0 bridgehead atoms. The molecule has 0 saturated heterocycles. The number of benzene rings is 1. The van der Waals surface area contributed by atoms with E-state index in [9.17, 15) is 9.59 Å². The van der Waals surface area contributed by atoms with Crippen molar-refractivity contribution in [2.45, 2.75) is 32.4 Å². The number of hydrogen-bond acceptors (Lipinski definition) is 6. The Kier molecular flexibility index (Phi) is 6.39. The average molecular weight is 389 g/mol. The van der Waals surface area contributed by atoms with Crippen LogP contribution in [0.5, 0.6) is 5.75 Å². The lowest BCUT2D eigenvalue weighted by molar-refractivity contribution is -0.129. The van der Waals surface area contributed by atoms with E-state index < -0.39 is 0 Å². The Morgan fingerprint density at radius 3 is 2.63 bits per heavy atom. The number of anilines is 1. The smallest absolute Gasteiger partial charge is 0.235 e. The van der Waals surface area contributed by atoms with Gasteiger partial charge >= 0.3 is 0 Å². The van der Waals surface area contributed by atoms with E-state index in [0.717, 1.165) is 24.2 Å². The van der Waals surface area contributed by atoms with Crippen LogP contribution in [0.2, 0.25) is 0 Å².